The Morgan fingerprint density at radius 2 is 2.06 bits per heavy atom. The number of hydrogen-bond donors (Lipinski definition) is 0. The van der Waals surface area contributed by atoms with Crippen LogP contribution in [0.15, 0.2) is 27.1 Å². The predicted molar refractivity (Wildman–Crippen MR) is 74.3 cm³/mol. The summed E-state index contributed by atoms with van der Waals surface area (Å²) in [4.78, 5) is 0. The van der Waals surface area contributed by atoms with E-state index in [9.17, 15) is 0 Å². The molecule has 1 aliphatic rings. The maximum atomic E-state index is 6.17. The van der Waals surface area contributed by atoms with E-state index >= 15 is 0 Å². The van der Waals surface area contributed by atoms with Crippen LogP contribution in [-0.4, -0.2) is 11.5 Å². The molecule has 0 amide bonds. The van der Waals surface area contributed by atoms with Gasteiger partial charge in [0.05, 0.1) is 4.47 Å². The average Bonchev–Trinajstić information content (AvgIpc) is 2.21. The van der Waals surface area contributed by atoms with Crippen LogP contribution in [-0.2, 0) is 0 Å². The molecule has 2 unspecified atom stereocenters. The summed E-state index contributed by atoms with van der Waals surface area (Å²) in [7, 11) is 0. The largest absolute Gasteiger partial charge is 0.489 e. The third kappa shape index (κ3) is 2.27. The molecule has 0 N–H and O–H groups in total. The fourth-order valence-corrected chi connectivity index (χ4v) is 3.20. The second-order valence-corrected chi connectivity index (χ2v) is 7.00. The first-order valence-electron chi connectivity index (χ1n) is 5.17. The Kier molecular flexibility index (Phi) is 3.58. The lowest BCUT2D eigenvalue weighted by Crippen LogP contribution is -2.53. The van der Waals surface area contributed by atoms with Gasteiger partial charge in [0, 0.05) is 21.7 Å². The molecule has 0 bridgehead atoms. The molecule has 1 fully saturated rings. The Hall–Kier alpha value is 0.270. The summed E-state index contributed by atoms with van der Waals surface area (Å²) in [6, 6.07) is 5.93. The van der Waals surface area contributed by atoms with Crippen LogP contribution in [0.4, 0.5) is 0 Å². The zero-order chi connectivity index (χ0) is 11.9. The predicted octanol–water partition coefficient (Wildman–Crippen LogP) is 5.00. The molecule has 0 radical (unpaired) electrons. The first kappa shape index (κ1) is 12.7. The third-order valence-electron chi connectivity index (χ3n) is 3.22. The number of alkyl halides is 1. The topological polar surface area (TPSA) is 9.23 Å². The van der Waals surface area contributed by atoms with Gasteiger partial charge in [-0.3, -0.25) is 0 Å². The molecule has 88 valence electrons. The smallest absolute Gasteiger partial charge is 0.134 e. The molecule has 0 aliphatic heterocycles. The minimum absolute atomic E-state index is 0.0497. The number of rotatable bonds is 2. The molecule has 2 atom stereocenters. The van der Waals surface area contributed by atoms with E-state index in [4.69, 9.17) is 16.3 Å². The van der Waals surface area contributed by atoms with Crippen LogP contribution < -0.4 is 4.74 Å². The van der Waals surface area contributed by atoms with Gasteiger partial charge < -0.3 is 4.74 Å². The highest BCUT2D eigenvalue weighted by molar-refractivity contribution is 9.11. The molecule has 1 aromatic rings. The van der Waals surface area contributed by atoms with Crippen molar-refractivity contribution in [3.63, 3.8) is 0 Å². The molecular weight excluding hydrogens is 355 g/mol. The van der Waals surface area contributed by atoms with Crippen molar-refractivity contribution in [1.29, 1.82) is 0 Å². The van der Waals surface area contributed by atoms with E-state index in [0.29, 0.717) is 0 Å². The van der Waals surface area contributed by atoms with Crippen LogP contribution in [0.3, 0.4) is 0 Å². The molecule has 0 spiro atoms. The van der Waals surface area contributed by atoms with E-state index in [1.807, 2.05) is 18.2 Å². The van der Waals surface area contributed by atoms with Gasteiger partial charge in [0.1, 0.15) is 11.9 Å². The van der Waals surface area contributed by atoms with Crippen molar-refractivity contribution < 1.29 is 4.74 Å². The second-order valence-electron chi connectivity index (χ2n) is 4.71. The quantitative estimate of drug-likeness (QED) is 0.668. The Morgan fingerprint density at radius 1 is 1.38 bits per heavy atom. The highest BCUT2D eigenvalue weighted by Gasteiger charge is 2.49. The molecule has 16 heavy (non-hydrogen) atoms. The maximum absolute atomic E-state index is 6.17. The van der Waals surface area contributed by atoms with Crippen LogP contribution in [0.25, 0.3) is 0 Å². The molecular formula is C12H13Br2ClO. The number of ether oxygens (including phenoxy) is 1. The number of halogens is 3. The monoisotopic (exact) mass is 366 g/mol. The Morgan fingerprint density at radius 3 is 2.56 bits per heavy atom. The van der Waals surface area contributed by atoms with Crippen LogP contribution in [0.1, 0.15) is 20.3 Å². The van der Waals surface area contributed by atoms with Gasteiger partial charge in [-0.05, 0) is 34.1 Å². The van der Waals surface area contributed by atoms with Crippen molar-refractivity contribution >= 4 is 43.5 Å². The van der Waals surface area contributed by atoms with E-state index in [0.717, 1.165) is 21.1 Å². The molecule has 2 rings (SSSR count). The Balaban J connectivity index is 2.11. The number of hydrogen-bond acceptors (Lipinski definition) is 1. The lowest BCUT2D eigenvalue weighted by Gasteiger charge is -2.48. The van der Waals surface area contributed by atoms with Crippen molar-refractivity contribution in [3.05, 3.63) is 27.1 Å². The van der Waals surface area contributed by atoms with Crippen molar-refractivity contribution in [1.82, 2.24) is 0 Å². The van der Waals surface area contributed by atoms with Gasteiger partial charge in [-0.2, -0.15) is 0 Å². The lowest BCUT2D eigenvalue weighted by atomic mass is 9.68. The standard InChI is InChI=1S/C12H13Br2ClO/c1-12(2)10(15)6-11(12)16-9-4-3-7(13)5-8(9)14/h3-5,10-11H,6H2,1-2H3. The summed E-state index contributed by atoms with van der Waals surface area (Å²) in [6.07, 6.45) is 1.12. The minimum Gasteiger partial charge on any atom is -0.489 e. The normalized spacial score (nSPS) is 27.3. The van der Waals surface area contributed by atoms with Gasteiger partial charge in [-0.1, -0.05) is 29.8 Å². The van der Waals surface area contributed by atoms with E-state index in [1.54, 1.807) is 0 Å². The molecule has 1 nitrogen and oxygen atoms in total. The summed E-state index contributed by atoms with van der Waals surface area (Å²) in [5, 5.41) is 0.215. The van der Waals surface area contributed by atoms with Crippen LogP contribution in [0.5, 0.6) is 5.75 Å². The van der Waals surface area contributed by atoms with Gasteiger partial charge in [0.25, 0.3) is 0 Å². The summed E-state index contributed by atoms with van der Waals surface area (Å²) in [6.45, 7) is 4.29. The summed E-state index contributed by atoms with van der Waals surface area (Å²) in [5.41, 5.74) is 0.0497. The van der Waals surface area contributed by atoms with Crippen LogP contribution in [0.2, 0.25) is 0 Å². The summed E-state index contributed by atoms with van der Waals surface area (Å²) < 4.78 is 7.97. The molecule has 0 heterocycles. The first-order chi connectivity index (χ1) is 7.41. The highest BCUT2D eigenvalue weighted by Crippen LogP contribution is 2.47. The fraction of sp³-hybridized carbons (Fsp3) is 0.500. The first-order valence-corrected chi connectivity index (χ1v) is 7.19. The zero-order valence-corrected chi connectivity index (χ0v) is 13.1. The van der Waals surface area contributed by atoms with Gasteiger partial charge >= 0.3 is 0 Å². The van der Waals surface area contributed by atoms with Crippen molar-refractivity contribution in [3.8, 4) is 5.75 Å². The molecule has 1 aromatic carbocycles. The van der Waals surface area contributed by atoms with Gasteiger partial charge in [0.15, 0.2) is 0 Å². The molecule has 4 heteroatoms. The Labute approximate surface area is 118 Å². The highest BCUT2D eigenvalue weighted by atomic mass is 79.9. The van der Waals surface area contributed by atoms with Gasteiger partial charge in [-0.25, -0.2) is 0 Å². The van der Waals surface area contributed by atoms with Crippen molar-refractivity contribution in [2.24, 2.45) is 5.41 Å². The third-order valence-corrected chi connectivity index (χ3v) is 5.07. The molecule has 1 saturated carbocycles. The van der Waals surface area contributed by atoms with Crippen LogP contribution >= 0.6 is 43.5 Å². The SMILES string of the molecule is CC1(C)C(Cl)CC1Oc1ccc(Br)cc1Br. The molecule has 0 saturated heterocycles. The maximum Gasteiger partial charge on any atom is 0.134 e. The van der Waals surface area contributed by atoms with Crippen molar-refractivity contribution in [2.75, 3.05) is 0 Å². The minimum atomic E-state index is 0.0497. The summed E-state index contributed by atoms with van der Waals surface area (Å²) in [5.74, 6) is 0.879. The van der Waals surface area contributed by atoms with Crippen LogP contribution in [0, 0.1) is 5.41 Å². The van der Waals surface area contributed by atoms with E-state index in [1.165, 1.54) is 0 Å². The van der Waals surface area contributed by atoms with E-state index in [2.05, 4.69) is 45.7 Å². The van der Waals surface area contributed by atoms with Crippen molar-refractivity contribution in [2.45, 2.75) is 31.7 Å². The van der Waals surface area contributed by atoms with Gasteiger partial charge in [0.2, 0.25) is 0 Å². The molecule has 1 aliphatic carbocycles. The summed E-state index contributed by atoms with van der Waals surface area (Å²) >= 11 is 13.1. The van der Waals surface area contributed by atoms with E-state index < -0.39 is 0 Å². The number of benzene rings is 1. The second kappa shape index (κ2) is 4.51. The van der Waals surface area contributed by atoms with E-state index in [-0.39, 0.29) is 16.9 Å². The van der Waals surface area contributed by atoms with Gasteiger partial charge in [-0.15, -0.1) is 11.6 Å². The lowest BCUT2D eigenvalue weighted by molar-refractivity contribution is -0.0135. The average molecular weight is 368 g/mol. The fourth-order valence-electron chi connectivity index (χ4n) is 1.76. The zero-order valence-electron chi connectivity index (χ0n) is 9.14. The Bertz CT molecular complexity index is 406. The molecule has 0 aromatic heterocycles.